The fourth-order valence-electron chi connectivity index (χ4n) is 6.67. The number of carbonyl (C=O) groups is 2. The highest BCUT2D eigenvalue weighted by Gasteiger charge is 2.60. The summed E-state index contributed by atoms with van der Waals surface area (Å²) in [6.45, 7) is 2.31. The molecule has 0 fully saturated rings. The van der Waals surface area contributed by atoms with Crippen molar-refractivity contribution in [1.29, 1.82) is 0 Å². The summed E-state index contributed by atoms with van der Waals surface area (Å²) in [6, 6.07) is 42.7. The van der Waals surface area contributed by atoms with E-state index in [0.29, 0.717) is 34.7 Å². The Morgan fingerprint density at radius 3 is 1.60 bits per heavy atom. The van der Waals surface area contributed by atoms with Gasteiger partial charge in [0.25, 0.3) is 0 Å². The van der Waals surface area contributed by atoms with Crippen LogP contribution < -0.4 is 29.0 Å². The number of nitrogens with zero attached hydrogens (tertiary/aromatic N) is 3. The molecule has 12 nitrogen and oxygen atoms in total. The lowest BCUT2D eigenvalue weighted by atomic mass is 10.1. The summed E-state index contributed by atoms with van der Waals surface area (Å²) in [4.78, 5) is 42.0. The fraction of sp³-hybridized carbons (Fsp3) is 0.146. The highest BCUT2D eigenvalue weighted by molar-refractivity contribution is 6.05. The van der Waals surface area contributed by atoms with Crippen LogP contribution in [0.2, 0.25) is 0 Å². The average Bonchev–Trinajstić information content (AvgIpc) is 3.70. The van der Waals surface area contributed by atoms with Gasteiger partial charge in [0.05, 0.1) is 17.1 Å². The quantitative estimate of drug-likeness (QED) is 0.0600. The van der Waals surface area contributed by atoms with Gasteiger partial charge in [-0.05, 0) is 104 Å². The molecule has 0 saturated heterocycles. The van der Waals surface area contributed by atoms with Crippen molar-refractivity contribution >= 4 is 11.9 Å². The first-order valence-corrected chi connectivity index (χ1v) is 19.4. The van der Waals surface area contributed by atoms with Crippen molar-refractivity contribution in [2.75, 3.05) is 13.2 Å². The number of fused-ring (bicyclic) bond motifs is 1. The first-order valence-electron chi connectivity index (χ1n) is 19.4. The number of carbonyl (C=O) groups excluding carboxylic acids is 2. The summed E-state index contributed by atoms with van der Waals surface area (Å²) in [5.74, 6) is -3.81. The molecule has 4 heterocycles. The minimum atomic E-state index is -2.68. The molecule has 7 aromatic rings. The van der Waals surface area contributed by atoms with Gasteiger partial charge in [0, 0.05) is 47.9 Å². The van der Waals surface area contributed by atoms with Crippen molar-refractivity contribution in [3.8, 4) is 62.5 Å². The van der Waals surface area contributed by atoms with Gasteiger partial charge in [-0.1, -0.05) is 60.7 Å². The first-order chi connectivity index (χ1) is 29.4. The molecule has 12 heteroatoms. The van der Waals surface area contributed by atoms with Gasteiger partial charge in [-0.3, -0.25) is 15.0 Å². The summed E-state index contributed by atoms with van der Waals surface area (Å²) >= 11 is 0. The molecule has 1 aliphatic rings. The molecule has 0 radical (unpaired) electrons. The third-order valence-corrected chi connectivity index (χ3v) is 9.62. The third kappa shape index (κ3) is 8.85. The van der Waals surface area contributed by atoms with Crippen LogP contribution in [0.25, 0.3) is 33.8 Å². The molecule has 2 atom stereocenters. The van der Waals surface area contributed by atoms with Crippen molar-refractivity contribution in [3.63, 3.8) is 0 Å². The van der Waals surface area contributed by atoms with E-state index in [1.807, 2.05) is 67.6 Å². The Morgan fingerprint density at radius 2 is 1.08 bits per heavy atom. The molecule has 2 unspecified atom stereocenters. The van der Waals surface area contributed by atoms with E-state index in [0.717, 1.165) is 16.8 Å². The molecular weight excluding hydrogens is 761 g/mol. The number of benzene rings is 4. The maximum absolute atomic E-state index is 14.4. The number of para-hydroxylation sites is 3. The Kier molecular flexibility index (Phi) is 11.8. The van der Waals surface area contributed by atoms with Crippen molar-refractivity contribution < 1.29 is 38.4 Å². The molecule has 4 aromatic carbocycles. The first kappa shape index (κ1) is 39.4. The Hall–Kier alpha value is -7.41. The van der Waals surface area contributed by atoms with Gasteiger partial charge in [0.15, 0.2) is 11.5 Å². The number of hydrogen-bond acceptors (Lipinski definition) is 12. The van der Waals surface area contributed by atoms with E-state index in [4.69, 9.17) is 23.7 Å². The van der Waals surface area contributed by atoms with E-state index >= 15 is 0 Å². The van der Waals surface area contributed by atoms with E-state index in [2.05, 4.69) is 20.3 Å². The van der Waals surface area contributed by atoms with Gasteiger partial charge < -0.3 is 34.1 Å². The lowest BCUT2D eigenvalue weighted by Crippen LogP contribution is -2.58. The smallest absolute Gasteiger partial charge is 0.454 e. The number of pyridine rings is 3. The summed E-state index contributed by atoms with van der Waals surface area (Å²) in [5.41, 5.74) is 4.56. The molecular formula is C48H40N4O8. The Balaban J connectivity index is 0.980. The number of aliphatic hydroxyl groups excluding tert-OH is 1. The van der Waals surface area contributed by atoms with Crippen LogP contribution >= 0.6 is 0 Å². The molecule has 0 amide bonds. The topological polar surface area (TPSA) is 151 Å². The van der Waals surface area contributed by atoms with Crippen LogP contribution in [0.1, 0.15) is 12.5 Å². The monoisotopic (exact) mass is 800 g/mol. The molecule has 60 heavy (non-hydrogen) atoms. The van der Waals surface area contributed by atoms with Crippen LogP contribution in [0.5, 0.6) is 28.7 Å². The van der Waals surface area contributed by atoms with E-state index in [1.54, 1.807) is 104 Å². The Labute approximate surface area is 346 Å². The standard InChI is InChI=1S/C48H40N4O8/c1-32(52-30-34(53)31-56-41-20-5-2-14-35(41)38-17-8-11-25-49-38)28-33-23-24-44-45(29-33)60-48(59-44,46(54)57-42-21-6-3-15-36(42)39-18-9-12-26-50-39)47(55)58-43-22-7-4-16-37(43)40-19-10-13-27-51-40/h2-27,29,32,34,52-53H,28,30-31H2,1H3. The number of esters is 2. The van der Waals surface area contributed by atoms with Gasteiger partial charge >= 0.3 is 17.7 Å². The molecule has 0 bridgehead atoms. The number of ether oxygens (including phenoxy) is 5. The molecule has 0 aliphatic carbocycles. The second-order valence-electron chi connectivity index (χ2n) is 14.0. The SMILES string of the molecule is CC(Cc1ccc2c(c1)OC(C(=O)Oc1ccccc1-c1ccccn1)(C(=O)Oc1ccccc1-c1ccccn1)O2)NCC(O)COc1ccccc1-c1ccccn1. The second-order valence-corrected chi connectivity index (χ2v) is 14.0. The second kappa shape index (κ2) is 18.0. The number of hydrogen-bond donors (Lipinski definition) is 2. The lowest BCUT2D eigenvalue weighted by molar-refractivity contribution is -0.190. The third-order valence-electron chi connectivity index (χ3n) is 9.62. The van der Waals surface area contributed by atoms with Gasteiger partial charge in [0.1, 0.15) is 30.0 Å². The molecule has 1 aliphatic heterocycles. The van der Waals surface area contributed by atoms with Crippen molar-refractivity contribution in [1.82, 2.24) is 20.3 Å². The van der Waals surface area contributed by atoms with Crippen LogP contribution in [0.4, 0.5) is 0 Å². The summed E-state index contributed by atoms with van der Waals surface area (Å²) < 4.78 is 30.2. The van der Waals surface area contributed by atoms with Crippen LogP contribution in [0.15, 0.2) is 164 Å². The van der Waals surface area contributed by atoms with Crippen LogP contribution in [0.3, 0.4) is 0 Å². The summed E-state index contributed by atoms with van der Waals surface area (Å²) in [6.07, 6.45) is 4.68. The highest BCUT2D eigenvalue weighted by Crippen LogP contribution is 2.43. The minimum Gasteiger partial charge on any atom is -0.490 e. The molecule has 300 valence electrons. The van der Waals surface area contributed by atoms with Crippen molar-refractivity contribution in [2.45, 2.75) is 31.3 Å². The average molecular weight is 801 g/mol. The number of aliphatic hydroxyl groups is 1. The molecule has 2 N–H and O–H groups in total. The molecule has 8 rings (SSSR count). The number of nitrogens with one attached hydrogen (secondary N) is 1. The zero-order valence-corrected chi connectivity index (χ0v) is 32.5. The Bertz CT molecular complexity index is 2480. The highest BCUT2D eigenvalue weighted by atomic mass is 16.8. The van der Waals surface area contributed by atoms with Gasteiger partial charge in [-0.25, -0.2) is 9.59 Å². The van der Waals surface area contributed by atoms with E-state index < -0.39 is 23.8 Å². The van der Waals surface area contributed by atoms with E-state index in [1.165, 1.54) is 0 Å². The maximum atomic E-state index is 14.4. The van der Waals surface area contributed by atoms with Gasteiger partial charge in [-0.15, -0.1) is 0 Å². The Morgan fingerprint density at radius 1 is 0.617 bits per heavy atom. The minimum absolute atomic E-state index is 0.0700. The summed E-state index contributed by atoms with van der Waals surface area (Å²) in [5, 5.41) is 14.2. The predicted octanol–water partition coefficient (Wildman–Crippen LogP) is 7.51. The summed E-state index contributed by atoms with van der Waals surface area (Å²) in [7, 11) is 0. The van der Waals surface area contributed by atoms with Crippen LogP contribution in [0, 0.1) is 0 Å². The van der Waals surface area contributed by atoms with E-state index in [9.17, 15) is 14.7 Å². The van der Waals surface area contributed by atoms with Gasteiger partial charge in [0.2, 0.25) is 0 Å². The normalized spacial score (nSPS) is 13.5. The van der Waals surface area contributed by atoms with Crippen molar-refractivity contribution in [3.05, 3.63) is 170 Å². The number of aromatic nitrogens is 3. The van der Waals surface area contributed by atoms with Crippen LogP contribution in [-0.2, 0) is 16.0 Å². The number of rotatable bonds is 15. The largest absolute Gasteiger partial charge is 0.490 e. The van der Waals surface area contributed by atoms with E-state index in [-0.39, 0.29) is 42.2 Å². The fourth-order valence-corrected chi connectivity index (χ4v) is 6.67. The lowest BCUT2D eigenvalue weighted by Gasteiger charge is -2.24. The van der Waals surface area contributed by atoms with Crippen molar-refractivity contribution in [2.24, 2.45) is 0 Å². The molecule has 0 saturated carbocycles. The molecule has 3 aromatic heterocycles. The predicted molar refractivity (Wildman–Crippen MR) is 223 cm³/mol. The van der Waals surface area contributed by atoms with Crippen LogP contribution in [-0.4, -0.2) is 63.1 Å². The van der Waals surface area contributed by atoms with Gasteiger partial charge in [-0.2, -0.15) is 0 Å². The molecule has 0 spiro atoms. The zero-order valence-electron chi connectivity index (χ0n) is 32.5. The maximum Gasteiger partial charge on any atom is 0.454 e. The zero-order chi connectivity index (χ0) is 41.3.